The quantitative estimate of drug-likeness (QED) is 0.298. The Hall–Kier alpha value is -4.54. The van der Waals surface area contributed by atoms with Gasteiger partial charge in [0.2, 0.25) is 0 Å². The summed E-state index contributed by atoms with van der Waals surface area (Å²) >= 11 is 0. The predicted octanol–water partition coefficient (Wildman–Crippen LogP) is 7.35. The van der Waals surface area contributed by atoms with Crippen molar-refractivity contribution in [3.8, 4) is 28.7 Å². The summed E-state index contributed by atoms with van der Waals surface area (Å²) in [4.78, 5) is 5.58. The molecule has 1 heterocycles. The Morgan fingerprint density at radius 2 is 1.43 bits per heavy atom. The summed E-state index contributed by atoms with van der Waals surface area (Å²) in [7, 11) is 0. The lowest BCUT2D eigenvalue weighted by Crippen LogP contribution is -2.15. The Morgan fingerprint density at radius 3 is 2.03 bits per heavy atom. The van der Waals surface area contributed by atoms with E-state index in [1.165, 1.54) is 0 Å². The van der Waals surface area contributed by atoms with Gasteiger partial charge >= 0.3 is 0 Å². The van der Waals surface area contributed by atoms with Crippen LogP contribution >= 0.6 is 0 Å². The molecule has 0 saturated carbocycles. The van der Waals surface area contributed by atoms with Crippen molar-refractivity contribution in [1.29, 1.82) is 5.26 Å². The van der Waals surface area contributed by atoms with E-state index in [0.717, 1.165) is 39.7 Å². The summed E-state index contributed by atoms with van der Waals surface area (Å²) in [5.41, 5.74) is 5.66. The molecule has 4 aromatic rings. The number of benzene rings is 4. The number of anilines is 3. The van der Waals surface area contributed by atoms with Crippen LogP contribution in [0.2, 0.25) is 0 Å². The molecule has 0 atom stereocenters. The van der Waals surface area contributed by atoms with E-state index in [9.17, 15) is 5.26 Å². The fourth-order valence-corrected chi connectivity index (χ4v) is 3.72. The van der Waals surface area contributed by atoms with Crippen molar-refractivity contribution >= 4 is 22.7 Å². The topological polar surface area (TPSA) is 40.6 Å². The number of hydrogen-bond acceptors (Lipinski definition) is 3. The zero-order valence-electron chi connectivity index (χ0n) is 15.9. The second-order valence-corrected chi connectivity index (χ2v) is 6.87. The highest BCUT2D eigenvalue weighted by Crippen LogP contribution is 2.50. The normalized spacial score (nSPS) is 11.5. The molecule has 0 aromatic heterocycles. The van der Waals surface area contributed by atoms with Crippen molar-refractivity contribution in [3.05, 3.63) is 108 Å². The number of nitrogens with zero attached hydrogens (tertiary/aromatic N) is 3. The van der Waals surface area contributed by atoms with Gasteiger partial charge in [-0.05, 0) is 53.6 Å². The average Bonchev–Trinajstić information content (AvgIpc) is 2.82. The standard InChI is InChI=1S/C26H15N3O/c1-28-20-12-15-22(19(16-20)17-27)18-10-13-21(14-11-18)29-23-6-2-4-8-25(23)30-26-9-5-3-7-24(26)29/h2-16H. The number of nitriles is 1. The largest absolute Gasteiger partial charge is 0.453 e. The van der Waals surface area contributed by atoms with E-state index in [2.05, 4.69) is 15.8 Å². The third-order valence-corrected chi connectivity index (χ3v) is 5.12. The molecule has 0 amide bonds. The molecule has 0 saturated heterocycles. The third kappa shape index (κ3) is 2.85. The van der Waals surface area contributed by atoms with Crippen LogP contribution in [0, 0.1) is 17.9 Å². The highest BCUT2D eigenvalue weighted by atomic mass is 16.5. The maximum absolute atomic E-state index is 9.50. The van der Waals surface area contributed by atoms with Gasteiger partial charge in [0.05, 0.1) is 24.0 Å². The zero-order valence-corrected chi connectivity index (χ0v) is 15.9. The van der Waals surface area contributed by atoms with Crippen LogP contribution in [0.4, 0.5) is 22.7 Å². The first kappa shape index (κ1) is 17.6. The molecule has 1 aliphatic heterocycles. The summed E-state index contributed by atoms with van der Waals surface area (Å²) in [6.45, 7) is 7.15. The van der Waals surface area contributed by atoms with E-state index in [0.29, 0.717) is 11.3 Å². The Kier molecular flexibility index (Phi) is 4.17. The minimum absolute atomic E-state index is 0.466. The zero-order chi connectivity index (χ0) is 20.5. The van der Waals surface area contributed by atoms with Crippen molar-refractivity contribution in [1.82, 2.24) is 0 Å². The molecular weight excluding hydrogens is 370 g/mol. The fraction of sp³-hybridized carbons (Fsp3) is 0. The van der Waals surface area contributed by atoms with Crippen LogP contribution in [0.1, 0.15) is 5.56 Å². The number of rotatable bonds is 2. The van der Waals surface area contributed by atoms with Crippen molar-refractivity contribution in [2.45, 2.75) is 0 Å². The van der Waals surface area contributed by atoms with E-state index in [1.54, 1.807) is 12.1 Å². The molecule has 0 unspecified atom stereocenters. The molecule has 140 valence electrons. The minimum atomic E-state index is 0.466. The van der Waals surface area contributed by atoms with Crippen LogP contribution in [0.5, 0.6) is 11.5 Å². The lowest BCUT2D eigenvalue weighted by molar-refractivity contribution is 0.477. The summed E-state index contributed by atoms with van der Waals surface area (Å²) in [6.07, 6.45) is 0. The minimum Gasteiger partial charge on any atom is -0.453 e. The highest BCUT2D eigenvalue weighted by molar-refractivity contribution is 5.87. The molecule has 4 aromatic carbocycles. The predicted molar refractivity (Wildman–Crippen MR) is 118 cm³/mol. The first-order chi connectivity index (χ1) is 14.8. The number of para-hydroxylation sites is 4. The van der Waals surface area contributed by atoms with E-state index < -0.39 is 0 Å². The molecule has 4 heteroatoms. The maximum Gasteiger partial charge on any atom is 0.188 e. The molecule has 5 rings (SSSR count). The van der Waals surface area contributed by atoms with Gasteiger partial charge in [0.1, 0.15) is 0 Å². The van der Waals surface area contributed by atoms with Crippen LogP contribution in [-0.2, 0) is 0 Å². The van der Waals surface area contributed by atoms with Crippen molar-refractivity contribution in [2.75, 3.05) is 4.90 Å². The Labute approximate surface area is 174 Å². The van der Waals surface area contributed by atoms with Crippen LogP contribution in [0.15, 0.2) is 91.0 Å². The van der Waals surface area contributed by atoms with Crippen LogP contribution in [0.3, 0.4) is 0 Å². The van der Waals surface area contributed by atoms with Crippen molar-refractivity contribution in [2.24, 2.45) is 0 Å². The Morgan fingerprint density at radius 1 is 0.800 bits per heavy atom. The number of hydrogen-bond donors (Lipinski definition) is 0. The lowest BCUT2D eigenvalue weighted by atomic mass is 9.99. The summed E-state index contributed by atoms with van der Waals surface area (Å²) in [6, 6.07) is 31.4. The molecule has 0 aliphatic carbocycles. The van der Waals surface area contributed by atoms with Gasteiger partial charge in [-0.15, -0.1) is 0 Å². The van der Waals surface area contributed by atoms with Gasteiger partial charge in [0.15, 0.2) is 17.2 Å². The van der Waals surface area contributed by atoms with Gasteiger partial charge < -0.3 is 9.64 Å². The maximum atomic E-state index is 9.50. The van der Waals surface area contributed by atoms with Crippen LogP contribution in [-0.4, -0.2) is 0 Å². The first-order valence-electron chi connectivity index (χ1n) is 9.46. The lowest BCUT2D eigenvalue weighted by Gasteiger charge is -2.32. The molecular formula is C26H15N3O. The van der Waals surface area contributed by atoms with Gasteiger partial charge in [-0.3, -0.25) is 0 Å². The molecule has 4 nitrogen and oxygen atoms in total. The molecule has 0 spiro atoms. The van der Waals surface area contributed by atoms with Gasteiger partial charge in [-0.2, -0.15) is 5.26 Å². The first-order valence-corrected chi connectivity index (χ1v) is 9.46. The van der Waals surface area contributed by atoms with Crippen molar-refractivity contribution in [3.63, 3.8) is 0 Å². The number of fused-ring (bicyclic) bond motifs is 2. The highest BCUT2D eigenvalue weighted by Gasteiger charge is 2.25. The van der Waals surface area contributed by atoms with Crippen LogP contribution < -0.4 is 9.64 Å². The van der Waals surface area contributed by atoms with E-state index in [-0.39, 0.29) is 0 Å². The average molecular weight is 385 g/mol. The van der Waals surface area contributed by atoms with Crippen LogP contribution in [0.25, 0.3) is 16.0 Å². The molecule has 1 aliphatic rings. The summed E-state index contributed by atoms with van der Waals surface area (Å²) < 4.78 is 6.07. The Balaban J connectivity index is 1.60. The smallest absolute Gasteiger partial charge is 0.188 e. The number of ether oxygens (including phenoxy) is 1. The summed E-state index contributed by atoms with van der Waals surface area (Å²) in [5.74, 6) is 1.61. The molecule has 0 radical (unpaired) electrons. The van der Waals surface area contributed by atoms with E-state index in [4.69, 9.17) is 11.3 Å². The molecule has 30 heavy (non-hydrogen) atoms. The molecule has 0 N–H and O–H groups in total. The van der Waals surface area contributed by atoms with Gasteiger partial charge in [-0.25, -0.2) is 4.85 Å². The van der Waals surface area contributed by atoms with E-state index in [1.807, 2.05) is 78.9 Å². The Bertz CT molecular complexity index is 1300. The SMILES string of the molecule is [C-]#[N+]c1ccc(-c2ccc(N3c4ccccc4Oc4ccccc43)cc2)c(C#N)c1. The molecule has 0 fully saturated rings. The van der Waals surface area contributed by atoms with E-state index >= 15 is 0 Å². The molecule has 0 bridgehead atoms. The summed E-state index contributed by atoms with van der Waals surface area (Å²) in [5, 5.41) is 9.50. The third-order valence-electron chi connectivity index (χ3n) is 5.12. The van der Waals surface area contributed by atoms with Gasteiger partial charge in [-0.1, -0.05) is 48.5 Å². The monoisotopic (exact) mass is 385 g/mol. The van der Waals surface area contributed by atoms with Gasteiger partial charge in [0, 0.05) is 11.3 Å². The van der Waals surface area contributed by atoms with Crippen molar-refractivity contribution < 1.29 is 4.74 Å². The fourth-order valence-electron chi connectivity index (χ4n) is 3.72. The second-order valence-electron chi connectivity index (χ2n) is 6.87. The second kappa shape index (κ2) is 7.13. The van der Waals surface area contributed by atoms with Gasteiger partial charge in [0.25, 0.3) is 0 Å².